The summed E-state index contributed by atoms with van der Waals surface area (Å²) in [7, 11) is 1.50. The number of nitrogens with zero attached hydrogens (tertiary/aromatic N) is 3. The smallest absolute Gasteiger partial charge is 0.242 e. The van der Waals surface area contributed by atoms with Crippen molar-refractivity contribution in [2.75, 3.05) is 7.11 Å². The summed E-state index contributed by atoms with van der Waals surface area (Å²) in [5, 5.41) is 0. The van der Waals surface area contributed by atoms with Crippen LogP contribution in [0.4, 0.5) is 4.39 Å². The molecule has 0 atom stereocenters. The Morgan fingerprint density at radius 3 is 2.85 bits per heavy atom. The van der Waals surface area contributed by atoms with E-state index in [-0.39, 0.29) is 5.82 Å². The minimum Gasteiger partial charge on any atom is -0.479 e. The number of H-pyrrole nitrogens is 1. The largest absolute Gasteiger partial charge is 0.479 e. The maximum atomic E-state index is 14.1. The summed E-state index contributed by atoms with van der Waals surface area (Å²) >= 11 is 5.25. The number of nitrogens with one attached hydrogen (secondary N) is 1. The normalized spacial score (nSPS) is 10.9. The van der Waals surface area contributed by atoms with E-state index in [9.17, 15) is 4.39 Å². The number of aromatic nitrogens is 4. The highest BCUT2D eigenvalue weighted by molar-refractivity contribution is 7.71. The van der Waals surface area contributed by atoms with Gasteiger partial charge >= 0.3 is 0 Å². The summed E-state index contributed by atoms with van der Waals surface area (Å²) < 4.78 is 21.2. The number of hydrogen-bond acceptors (Lipinski definition) is 4. The van der Waals surface area contributed by atoms with Crippen LogP contribution in [0.25, 0.3) is 16.9 Å². The molecule has 0 spiro atoms. The van der Waals surface area contributed by atoms with E-state index in [4.69, 9.17) is 17.0 Å². The molecule has 0 aliphatic carbocycles. The molecule has 5 nitrogen and oxygen atoms in total. The number of methoxy groups -OCH3 is 1. The van der Waals surface area contributed by atoms with E-state index in [2.05, 4.69) is 15.0 Å². The van der Waals surface area contributed by atoms with Gasteiger partial charge < -0.3 is 9.72 Å². The molecule has 0 radical (unpaired) electrons. The van der Waals surface area contributed by atoms with Crippen molar-refractivity contribution in [3.63, 3.8) is 0 Å². The first-order valence-electron chi connectivity index (χ1n) is 5.88. The van der Waals surface area contributed by atoms with Crippen molar-refractivity contribution in [3.8, 4) is 11.6 Å². The third-order valence-corrected chi connectivity index (χ3v) is 3.26. The Balaban J connectivity index is 2.37. The van der Waals surface area contributed by atoms with Crippen molar-refractivity contribution < 1.29 is 9.13 Å². The number of aromatic amines is 1. The Kier molecular flexibility index (Phi) is 2.98. The van der Waals surface area contributed by atoms with Crippen molar-refractivity contribution in [2.45, 2.75) is 6.92 Å². The van der Waals surface area contributed by atoms with Gasteiger partial charge in [0, 0.05) is 0 Å². The number of imidazole rings is 1. The van der Waals surface area contributed by atoms with E-state index in [0.717, 1.165) is 5.56 Å². The third kappa shape index (κ3) is 1.87. The molecule has 2 aromatic heterocycles. The van der Waals surface area contributed by atoms with E-state index in [0.29, 0.717) is 27.5 Å². The van der Waals surface area contributed by atoms with Crippen LogP contribution >= 0.6 is 12.2 Å². The molecule has 3 rings (SSSR count). The van der Waals surface area contributed by atoms with E-state index >= 15 is 0 Å². The lowest BCUT2D eigenvalue weighted by Crippen LogP contribution is -2.00. The molecular formula is C13H11FN4OS. The second kappa shape index (κ2) is 4.68. The Bertz CT molecular complexity index is 855. The number of aryl methyl sites for hydroxylation is 1. The quantitative estimate of drug-likeness (QED) is 0.737. The lowest BCUT2D eigenvalue weighted by Gasteiger charge is -2.06. The zero-order chi connectivity index (χ0) is 14.3. The number of halogens is 1. The van der Waals surface area contributed by atoms with Gasteiger partial charge in [0.2, 0.25) is 5.88 Å². The van der Waals surface area contributed by atoms with Gasteiger partial charge in [0.15, 0.2) is 10.4 Å². The summed E-state index contributed by atoms with van der Waals surface area (Å²) in [5.41, 5.74) is 2.20. The van der Waals surface area contributed by atoms with Crippen LogP contribution in [0.3, 0.4) is 0 Å². The van der Waals surface area contributed by atoms with E-state index in [1.807, 2.05) is 13.0 Å². The number of fused-ring (bicyclic) bond motifs is 1. The molecule has 2 heterocycles. The lowest BCUT2D eigenvalue weighted by atomic mass is 10.2. The van der Waals surface area contributed by atoms with Gasteiger partial charge in [-0.05, 0) is 36.8 Å². The van der Waals surface area contributed by atoms with Crippen molar-refractivity contribution in [1.29, 1.82) is 0 Å². The first-order chi connectivity index (χ1) is 9.61. The molecule has 7 heteroatoms. The molecule has 0 bridgehead atoms. The van der Waals surface area contributed by atoms with Crippen LogP contribution in [0.5, 0.6) is 5.88 Å². The van der Waals surface area contributed by atoms with Crippen molar-refractivity contribution in [3.05, 3.63) is 40.7 Å². The maximum Gasteiger partial charge on any atom is 0.242 e. The molecule has 0 saturated heterocycles. The summed E-state index contributed by atoms with van der Waals surface area (Å²) in [6.45, 7) is 1.83. The molecule has 0 fully saturated rings. The second-order valence-corrected chi connectivity index (χ2v) is 4.69. The summed E-state index contributed by atoms with van der Waals surface area (Å²) in [4.78, 5) is 11.1. The molecule has 0 aliphatic heterocycles. The van der Waals surface area contributed by atoms with E-state index in [1.54, 1.807) is 6.07 Å². The lowest BCUT2D eigenvalue weighted by molar-refractivity contribution is 0.401. The first-order valence-corrected chi connectivity index (χ1v) is 6.29. The standard InChI is InChI=1S/C13H11FN4OS/c1-7-3-4-9(8(14)5-7)18-11-10(17-13(18)20)12(19-2)16-6-15-11/h3-6H,1-2H3,(H,17,20). The third-order valence-electron chi connectivity index (χ3n) is 2.98. The average molecular weight is 290 g/mol. The molecule has 0 saturated carbocycles. The molecule has 20 heavy (non-hydrogen) atoms. The van der Waals surface area contributed by atoms with Crippen LogP contribution in [0.1, 0.15) is 5.56 Å². The zero-order valence-electron chi connectivity index (χ0n) is 10.8. The monoisotopic (exact) mass is 290 g/mol. The van der Waals surface area contributed by atoms with Gasteiger partial charge in [-0.3, -0.25) is 4.57 Å². The fourth-order valence-electron chi connectivity index (χ4n) is 2.07. The number of hydrogen-bond donors (Lipinski definition) is 1. The van der Waals surface area contributed by atoms with Crippen molar-refractivity contribution in [1.82, 2.24) is 19.5 Å². The van der Waals surface area contributed by atoms with Gasteiger partial charge in [-0.2, -0.15) is 4.98 Å². The number of rotatable bonds is 2. The predicted octanol–water partition coefficient (Wildman–Crippen LogP) is 2.93. The SMILES string of the molecule is COc1ncnc2c1[nH]c(=S)n2-c1ccc(C)cc1F. The van der Waals surface area contributed by atoms with Crippen LogP contribution in [-0.4, -0.2) is 26.6 Å². The van der Waals surface area contributed by atoms with Gasteiger partial charge in [-0.15, -0.1) is 0 Å². The van der Waals surface area contributed by atoms with Crippen LogP contribution < -0.4 is 4.74 Å². The highest BCUT2D eigenvalue weighted by atomic mass is 32.1. The molecule has 0 amide bonds. The van der Waals surface area contributed by atoms with Crippen LogP contribution in [-0.2, 0) is 0 Å². The number of benzene rings is 1. The Morgan fingerprint density at radius 1 is 1.35 bits per heavy atom. The minimum atomic E-state index is -0.362. The van der Waals surface area contributed by atoms with Crippen molar-refractivity contribution >= 4 is 23.4 Å². The molecular weight excluding hydrogens is 279 g/mol. The first kappa shape index (κ1) is 12.7. The van der Waals surface area contributed by atoms with Crippen LogP contribution in [0, 0.1) is 17.5 Å². The molecule has 0 aliphatic rings. The minimum absolute atomic E-state index is 0.335. The van der Waals surface area contributed by atoms with Gasteiger partial charge in [-0.25, -0.2) is 9.37 Å². The summed E-state index contributed by atoms with van der Waals surface area (Å²) in [6.07, 6.45) is 1.35. The van der Waals surface area contributed by atoms with Crippen molar-refractivity contribution in [2.24, 2.45) is 0 Å². The fourth-order valence-corrected chi connectivity index (χ4v) is 2.36. The van der Waals surface area contributed by atoms with Crippen LogP contribution in [0.15, 0.2) is 24.5 Å². The van der Waals surface area contributed by atoms with E-state index in [1.165, 1.54) is 24.1 Å². The van der Waals surface area contributed by atoms with Gasteiger partial charge in [0.05, 0.1) is 12.8 Å². The summed E-state index contributed by atoms with van der Waals surface area (Å²) in [5.74, 6) is 0.00643. The topological polar surface area (TPSA) is 55.7 Å². The highest BCUT2D eigenvalue weighted by Crippen LogP contribution is 2.24. The predicted molar refractivity (Wildman–Crippen MR) is 75.3 cm³/mol. The summed E-state index contributed by atoms with van der Waals surface area (Å²) in [6, 6.07) is 4.94. The maximum absolute atomic E-state index is 14.1. The average Bonchev–Trinajstić information content (AvgIpc) is 2.75. The van der Waals surface area contributed by atoms with Gasteiger partial charge in [-0.1, -0.05) is 6.07 Å². The fraction of sp³-hybridized carbons (Fsp3) is 0.154. The molecule has 3 aromatic rings. The Hall–Kier alpha value is -2.28. The van der Waals surface area contributed by atoms with Crippen LogP contribution in [0.2, 0.25) is 0 Å². The molecule has 1 N–H and O–H groups in total. The Morgan fingerprint density at radius 2 is 2.15 bits per heavy atom. The zero-order valence-corrected chi connectivity index (χ0v) is 11.7. The Labute approximate surface area is 119 Å². The molecule has 0 unspecified atom stereocenters. The van der Waals surface area contributed by atoms with Gasteiger partial charge in [0.25, 0.3) is 0 Å². The number of ether oxygens (including phenoxy) is 1. The highest BCUT2D eigenvalue weighted by Gasteiger charge is 2.15. The second-order valence-electron chi connectivity index (χ2n) is 4.30. The van der Waals surface area contributed by atoms with E-state index < -0.39 is 0 Å². The molecule has 102 valence electrons. The molecule has 1 aromatic carbocycles. The van der Waals surface area contributed by atoms with Gasteiger partial charge in [0.1, 0.15) is 17.7 Å².